The zero-order valence-electron chi connectivity index (χ0n) is 43.1. The number of likely N-dealkylation sites (tertiary alicyclic amines) is 1. The molecule has 77 heavy (non-hydrogen) atoms. The second kappa shape index (κ2) is 28.9. The molecule has 1 aliphatic carbocycles. The number of carbonyl (C=O) groups is 4. The summed E-state index contributed by atoms with van der Waals surface area (Å²) >= 11 is 5.96. The van der Waals surface area contributed by atoms with E-state index in [1.165, 1.54) is 0 Å². The van der Waals surface area contributed by atoms with Crippen LogP contribution >= 0.6 is 11.6 Å². The number of amides is 3. The summed E-state index contributed by atoms with van der Waals surface area (Å²) in [6, 6.07) is 14.2. The first kappa shape index (κ1) is 59.2. The fraction of sp³-hybridized carbons (Fsp3) is 0.577. The molecule has 4 N–H and O–H groups in total. The molecule has 3 amide bonds. The van der Waals surface area contributed by atoms with E-state index in [2.05, 4.69) is 9.68 Å². The van der Waals surface area contributed by atoms with Gasteiger partial charge in [-0.3, -0.25) is 30.4 Å². The zero-order chi connectivity index (χ0) is 55.0. The Morgan fingerprint density at radius 3 is 2.01 bits per heavy atom. The van der Waals surface area contributed by atoms with Crippen molar-refractivity contribution < 1.29 is 91.6 Å². The summed E-state index contributed by atoms with van der Waals surface area (Å²) in [7, 11) is 1.60. The van der Waals surface area contributed by atoms with E-state index in [0.29, 0.717) is 57.5 Å². The third-order valence-corrected chi connectivity index (χ3v) is 14.5. The summed E-state index contributed by atoms with van der Waals surface area (Å²) in [6.07, 6.45) is 2.00. The van der Waals surface area contributed by atoms with Crippen molar-refractivity contribution in [3.05, 3.63) is 93.5 Å². The second-order valence-electron chi connectivity index (χ2n) is 19.3. The first-order valence-corrected chi connectivity index (χ1v) is 26.1. The SMILES string of the molecule is COc1ccc(CN(C(=O)C2C(c3ccc(CCCOc4c(F)ccc(F)c4Cl)cc3)CC3CC(C(=O)N4CCC(OC(=O)OCCOCCON(O)O)CC4)CC2N3C(=O)OCCOCCON(O)O)C2CC2)cc1C. The minimum absolute atomic E-state index is 0.0104. The molecule has 7 rings (SSSR count). The van der Waals surface area contributed by atoms with Crippen LogP contribution in [-0.4, -0.2) is 174 Å². The molecule has 0 radical (unpaired) electrons. The van der Waals surface area contributed by atoms with Crippen molar-refractivity contribution in [2.24, 2.45) is 11.8 Å². The minimum Gasteiger partial charge on any atom is -0.496 e. The normalized spacial score (nSPS) is 20.5. The standard InChI is InChI=1S/C52H68ClF2N5O17/c1-33-28-35(7-14-45(33)69-2)32-57(38-10-11-38)50(62)46-41(36-8-5-34(6-9-36)4-3-19-72-48-43(55)13-12-42(54)47(48)53)31-39-29-37(30-44(46)58(39)51(63)73-24-20-70-22-26-75-59(65)66)49(61)56-17-15-40(16-18-56)77-52(64)74-25-21-71-23-27-76-60(67)68/h5-9,12-14,28,37-41,44,46,65-68H,3-4,10-11,15-27,29-32H2,1-2H3. The molecule has 3 saturated heterocycles. The number of benzene rings is 3. The highest BCUT2D eigenvalue weighted by Crippen LogP contribution is 2.50. The highest BCUT2D eigenvalue weighted by atomic mass is 35.5. The van der Waals surface area contributed by atoms with E-state index in [1.54, 1.807) is 16.9 Å². The van der Waals surface area contributed by atoms with Gasteiger partial charge in [-0.1, -0.05) is 48.0 Å². The topological polar surface area (TPSA) is 248 Å². The van der Waals surface area contributed by atoms with Crippen LogP contribution < -0.4 is 9.47 Å². The molecule has 424 valence electrons. The van der Waals surface area contributed by atoms with Crippen molar-refractivity contribution in [3.63, 3.8) is 0 Å². The summed E-state index contributed by atoms with van der Waals surface area (Å²) in [5, 5.41) is 33.5. The Morgan fingerprint density at radius 1 is 0.740 bits per heavy atom. The van der Waals surface area contributed by atoms with Crippen LogP contribution in [0.25, 0.3) is 0 Å². The molecule has 1 saturated carbocycles. The van der Waals surface area contributed by atoms with Crippen LogP contribution in [0.15, 0.2) is 54.6 Å². The van der Waals surface area contributed by atoms with Crippen LogP contribution in [-0.2, 0) is 55.9 Å². The first-order chi connectivity index (χ1) is 37.1. The lowest BCUT2D eigenvalue weighted by Gasteiger charge is -2.54. The first-order valence-electron chi connectivity index (χ1n) is 25.7. The van der Waals surface area contributed by atoms with E-state index in [1.807, 2.05) is 54.3 Å². The number of aryl methyl sites for hydroxylation is 2. The van der Waals surface area contributed by atoms with Gasteiger partial charge in [0.05, 0.1) is 70.1 Å². The highest BCUT2D eigenvalue weighted by molar-refractivity contribution is 6.32. The minimum atomic E-state index is -0.892. The van der Waals surface area contributed by atoms with Crippen LogP contribution in [0.2, 0.25) is 5.02 Å². The van der Waals surface area contributed by atoms with E-state index in [9.17, 15) is 23.2 Å². The maximum Gasteiger partial charge on any atom is 0.508 e. The van der Waals surface area contributed by atoms with Crippen molar-refractivity contribution >= 4 is 35.7 Å². The lowest BCUT2D eigenvalue weighted by molar-refractivity contribution is -0.493. The maximum absolute atomic E-state index is 15.7. The molecule has 0 spiro atoms. The van der Waals surface area contributed by atoms with Gasteiger partial charge in [-0.25, -0.2) is 28.0 Å². The van der Waals surface area contributed by atoms with Gasteiger partial charge in [-0.2, -0.15) is 0 Å². The van der Waals surface area contributed by atoms with Crippen molar-refractivity contribution in [2.45, 2.75) is 101 Å². The molecule has 3 aromatic carbocycles. The van der Waals surface area contributed by atoms with Crippen LogP contribution in [0.5, 0.6) is 11.5 Å². The number of rotatable bonds is 27. The third kappa shape index (κ3) is 16.8. The number of methoxy groups -OCH3 is 1. The van der Waals surface area contributed by atoms with E-state index in [0.717, 1.165) is 47.2 Å². The van der Waals surface area contributed by atoms with Gasteiger partial charge >= 0.3 is 12.2 Å². The highest BCUT2D eigenvalue weighted by Gasteiger charge is 2.56. The van der Waals surface area contributed by atoms with Gasteiger partial charge in [-0.05, 0) is 98.2 Å². The van der Waals surface area contributed by atoms with E-state index in [4.69, 9.17) is 65.6 Å². The van der Waals surface area contributed by atoms with Crippen LogP contribution in [0, 0.1) is 30.4 Å². The van der Waals surface area contributed by atoms with Crippen molar-refractivity contribution in [1.29, 1.82) is 0 Å². The maximum atomic E-state index is 15.7. The van der Waals surface area contributed by atoms with Gasteiger partial charge < -0.3 is 47.9 Å². The Morgan fingerprint density at radius 2 is 1.38 bits per heavy atom. The number of hydrogen-bond donors (Lipinski definition) is 4. The number of ether oxygens (including phenoxy) is 7. The van der Waals surface area contributed by atoms with Crippen molar-refractivity contribution in [1.82, 2.24) is 25.5 Å². The summed E-state index contributed by atoms with van der Waals surface area (Å²) in [4.78, 5) is 71.6. The molecule has 2 bridgehead atoms. The quantitative estimate of drug-likeness (QED) is 0.0259. The number of nitrogens with zero attached hydrogens (tertiary/aromatic N) is 5. The largest absolute Gasteiger partial charge is 0.508 e. The Kier molecular flexibility index (Phi) is 22.2. The number of piperidine rings is 3. The van der Waals surface area contributed by atoms with Gasteiger partial charge in [-0.15, -0.1) is 0 Å². The smallest absolute Gasteiger partial charge is 0.496 e. The zero-order valence-corrected chi connectivity index (χ0v) is 43.8. The Hall–Kier alpha value is -5.51. The van der Waals surface area contributed by atoms with Gasteiger partial charge in [0.15, 0.2) is 11.6 Å². The van der Waals surface area contributed by atoms with Crippen molar-refractivity contribution in [2.75, 3.05) is 79.7 Å². The van der Waals surface area contributed by atoms with Gasteiger partial charge in [0.1, 0.15) is 35.9 Å². The second-order valence-corrected chi connectivity index (χ2v) is 19.7. The summed E-state index contributed by atoms with van der Waals surface area (Å²) in [6.45, 7) is 2.26. The lowest BCUT2D eigenvalue weighted by Crippen LogP contribution is -2.64. The molecule has 0 aromatic heterocycles. The molecule has 3 heterocycles. The third-order valence-electron chi connectivity index (χ3n) is 14.2. The van der Waals surface area contributed by atoms with Crippen molar-refractivity contribution in [3.8, 4) is 11.5 Å². The molecule has 3 aromatic rings. The lowest BCUT2D eigenvalue weighted by atomic mass is 9.65. The molecule has 4 aliphatic rings. The molecular formula is C52H68ClF2N5O17. The predicted octanol–water partition coefficient (Wildman–Crippen LogP) is 7.03. The number of carbonyl (C=O) groups excluding carboxylic acids is 4. The van der Waals surface area contributed by atoms with Gasteiger partial charge in [0.2, 0.25) is 11.8 Å². The monoisotopic (exact) mass is 1110 g/mol. The van der Waals surface area contributed by atoms with Crippen LogP contribution in [0.1, 0.15) is 79.5 Å². The predicted molar refractivity (Wildman–Crippen MR) is 264 cm³/mol. The summed E-state index contributed by atoms with van der Waals surface area (Å²) in [5.74, 6) is -3.24. The van der Waals surface area contributed by atoms with Gasteiger partial charge in [0, 0.05) is 56.5 Å². The van der Waals surface area contributed by atoms with Gasteiger partial charge in [0.25, 0.3) is 0 Å². The average molecular weight is 1110 g/mol. The van der Waals surface area contributed by atoms with E-state index in [-0.39, 0.29) is 102 Å². The number of fused-ring (bicyclic) bond motifs is 2. The number of halogens is 3. The Labute approximate surface area is 449 Å². The molecule has 25 heteroatoms. The molecule has 5 unspecified atom stereocenters. The Balaban J connectivity index is 1.09. The fourth-order valence-electron chi connectivity index (χ4n) is 10.5. The Bertz CT molecular complexity index is 2420. The van der Waals surface area contributed by atoms with Crippen LogP contribution in [0.4, 0.5) is 18.4 Å². The average Bonchev–Trinajstić information content (AvgIpc) is 4.33. The molecule has 3 aliphatic heterocycles. The fourth-order valence-corrected chi connectivity index (χ4v) is 10.7. The van der Waals surface area contributed by atoms with E-state index >= 15 is 4.79 Å². The van der Waals surface area contributed by atoms with E-state index < -0.39 is 69.7 Å². The van der Waals surface area contributed by atoms with Crippen LogP contribution in [0.3, 0.4) is 0 Å². The number of hydrogen-bond acceptors (Lipinski definition) is 19. The molecule has 22 nitrogen and oxygen atoms in total. The summed E-state index contributed by atoms with van der Waals surface area (Å²) in [5.41, 5.74) is 3.63. The molecule has 5 atom stereocenters. The molecular weight excluding hydrogens is 1040 g/mol. The summed E-state index contributed by atoms with van der Waals surface area (Å²) < 4.78 is 66.6. The molecule has 4 fully saturated rings.